The van der Waals surface area contributed by atoms with Gasteiger partial charge in [0.25, 0.3) is 0 Å². The molecule has 0 N–H and O–H groups in total. The molecule has 0 bridgehead atoms. The summed E-state index contributed by atoms with van der Waals surface area (Å²) in [5.74, 6) is 0. The third-order valence-electron chi connectivity index (χ3n) is 9.51. The SMILES string of the molecule is c1ccc2cc(-c3c4ccccc4c(Sc4ccc5c6cccc7cccc(c8cccc4c85)c76)c4ccncc34)ccc2c1. The Balaban J connectivity index is 1.25. The second-order valence-electron chi connectivity index (χ2n) is 11.9. The lowest BCUT2D eigenvalue weighted by Gasteiger charge is -2.19. The minimum Gasteiger partial charge on any atom is -0.264 e. The fourth-order valence-corrected chi connectivity index (χ4v) is 8.78. The van der Waals surface area contributed by atoms with Gasteiger partial charge in [-0.1, -0.05) is 133 Å². The number of rotatable bonds is 3. The molecular formula is C43H25NS. The highest BCUT2D eigenvalue weighted by Crippen LogP contribution is 2.48. The monoisotopic (exact) mass is 587 g/mol. The lowest BCUT2D eigenvalue weighted by atomic mass is 9.90. The summed E-state index contributed by atoms with van der Waals surface area (Å²) in [7, 11) is 0. The van der Waals surface area contributed by atoms with Gasteiger partial charge in [0, 0.05) is 27.6 Å². The lowest BCUT2D eigenvalue weighted by Crippen LogP contribution is -1.91. The summed E-state index contributed by atoms with van der Waals surface area (Å²) in [5, 5.41) is 18.0. The molecule has 208 valence electrons. The van der Waals surface area contributed by atoms with E-state index in [0.717, 1.165) is 0 Å². The van der Waals surface area contributed by atoms with Gasteiger partial charge in [-0.05, 0) is 99.3 Å². The smallest absolute Gasteiger partial charge is 0.0353 e. The van der Waals surface area contributed by atoms with Crippen LogP contribution >= 0.6 is 11.8 Å². The largest absolute Gasteiger partial charge is 0.264 e. The minimum absolute atomic E-state index is 1.18. The molecule has 0 amide bonds. The first-order valence-corrected chi connectivity index (χ1v) is 16.2. The van der Waals surface area contributed by atoms with Gasteiger partial charge in [-0.15, -0.1) is 0 Å². The molecule has 2 heteroatoms. The van der Waals surface area contributed by atoms with E-state index in [9.17, 15) is 0 Å². The summed E-state index contributed by atoms with van der Waals surface area (Å²) in [6, 6.07) is 51.3. The summed E-state index contributed by atoms with van der Waals surface area (Å²) in [4.78, 5) is 7.18. The minimum atomic E-state index is 1.18. The fourth-order valence-electron chi connectivity index (χ4n) is 7.56. The van der Waals surface area contributed by atoms with Crippen molar-refractivity contribution in [2.24, 2.45) is 0 Å². The van der Waals surface area contributed by atoms with E-state index in [1.165, 1.54) is 96.3 Å². The maximum Gasteiger partial charge on any atom is 0.0353 e. The van der Waals surface area contributed by atoms with Crippen molar-refractivity contribution in [1.82, 2.24) is 4.98 Å². The van der Waals surface area contributed by atoms with Crippen LogP contribution in [0.4, 0.5) is 0 Å². The van der Waals surface area contributed by atoms with Gasteiger partial charge in [-0.3, -0.25) is 4.98 Å². The average molecular weight is 588 g/mol. The molecule has 0 aliphatic heterocycles. The Morgan fingerprint density at radius 1 is 0.400 bits per heavy atom. The van der Waals surface area contributed by atoms with Crippen molar-refractivity contribution in [3.8, 4) is 11.1 Å². The number of nitrogens with zero attached hydrogens (tertiary/aromatic N) is 1. The van der Waals surface area contributed by atoms with Crippen molar-refractivity contribution in [3.63, 3.8) is 0 Å². The van der Waals surface area contributed by atoms with Gasteiger partial charge in [0.1, 0.15) is 0 Å². The highest BCUT2D eigenvalue weighted by molar-refractivity contribution is 8.00. The molecule has 45 heavy (non-hydrogen) atoms. The first-order valence-electron chi connectivity index (χ1n) is 15.4. The molecule has 1 heterocycles. The number of benzene rings is 9. The van der Waals surface area contributed by atoms with Crippen molar-refractivity contribution >= 4 is 87.2 Å². The van der Waals surface area contributed by atoms with Crippen LogP contribution in [0.5, 0.6) is 0 Å². The maximum absolute atomic E-state index is 4.64. The topological polar surface area (TPSA) is 12.9 Å². The van der Waals surface area contributed by atoms with Gasteiger partial charge >= 0.3 is 0 Å². The lowest BCUT2D eigenvalue weighted by molar-refractivity contribution is 1.36. The molecule has 9 aromatic carbocycles. The normalized spacial score (nSPS) is 12.1. The molecule has 0 atom stereocenters. The van der Waals surface area contributed by atoms with Crippen molar-refractivity contribution < 1.29 is 0 Å². The second kappa shape index (κ2) is 9.53. The molecule has 0 radical (unpaired) electrons. The van der Waals surface area contributed by atoms with E-state index >= 15 is 0 Å². The molecule has 1 aromatic heterocycles. The predicted octanol–water partition coefficient (Wildman–Crippen LogP) is 12.4. The molecule has 10 aromatic rings. The van der Waals surface area contributed by atoms with Crippen LogP contribution in [0.25, 0.3) is 86.5 Å². The van der Waals surface area contributed by atoms with E-state index < -0.39 is 0 Å². The van der Waals surface area contributed by atoms with Gasteiger partial charge in [0.2, 0.25) is 0 Å². The summed E-state index contributed by atoms with van der Waals surface area (Å²) in [5.41, 5.74) is 2.46. The second-order valence-corrected chi connectivity index (χ2v) is 12.9. The van der Waals surface area contributed by atoms with Crippen LogP contribution in [0.15, 0.2) is 162 Å². The van der Waals surface area contributed by atoms with Crippen LogP contribution in [-0.4, -0.2) is 4.98 Å². The summed E-state index contributed by atoms with van der Waals surface area (Å²) in [6.07, 6.45) is 3.98. The standard InChI is InChI=1S/C43H25NS/c1-2-9-28-24-29(19-18-26(28)8-1)41-33-12-3-4-13-35(33)43(36-22-23-44-25-38(36)41)45-39-21-20-34-31-15-6-11-27-10-5-14-30(40(27)31)32-16-7-17-37(39)42(32)34/h1-25H. The highest BCUT2D eigenvalue weighted by Gasteiger charge is 2.19. The Morgan fingerprint density at radius 3 is 1.87 bits per heavy atom. The Hall–Kier alpha value is -5.44. The van der Waals surface area contributed by atoms with Crippen LogP contribution in [0.1, 0.15) is 0 Å². The summed E-state index contributed by atoms with van der Waals surface area (Å²) >= 11 is 1.88. The fraction of sp³-hybridized carbons (Fsp3) is 0. The number of pyridine rings is 1. The molecule has 0 spiro atoms. The van der Waals surface area contributed by atoms with Crippen molar-refractivity contribution in [2.45, 2.75) is 9.79 Å². The van der Waals surface area contributed by atoms with E-state index in [2.05, 4.69) is 145 Å². The molecule has 0 unspecified atom stereocenters. The summed E-state index contributed by atoms with van der Waals surface area (Å²) < 4.78 is 0. The molecule has 0 saturated heterocycles. The molecule has 0 saturated carbocycles. The van der Waals surface area contributed by atoms with Crippen molar-refractivity contribution in [2.75, 3.05) is 0 Å². The first kappa shape index (κ1) is 24.9. The highest BCUT2D eigenvalue weighted by atomic mass is 32.2. The zero-order valence-electron chi connectivity index (χ0n) is 24.3. The summed E-state index contributed by atoms with van der Waals surface area (Å²) in [6.45, 7) is 0. The van der Waals surface area contributed by atoms with E-state index in [1.807, 2.05) is 24.2 Å². The van der Waals surface area contributed by atoms with Crippen molar-refractivity contribution in [1.29, 1.82) is 0 Å². The molecule has 0 aliphatic rings. The molecule has 0 aliphatic carbocycles. The van der Waals surface area contributed by atoms with Gasteiger partial charge in [0.05, 0.1) is 0 Å². The third-order valence-corrected chi connectivity index (χ3v) is 10.7. The molecule has 0 fully saturated rings. The Bertz CT molecular complexity index is 2690. The first-order chi connectivity index (χ1) is 22.3. The zero-order chi connectivity index (χ0) is 29.5. The van der Waals surface area contributed by atoms with Gasteiger partial charge < -0.3 is 0 Å². The van der Waals surface area contributed by atoms with E-state index in [0.29, 0.717) is 0 Å². The molecular weight excluding hydrogens is 563 g/mol. The zero-order valence-corrected chi connectivity index (χ0v) is 25.1. The van der Waals surface area contributed by atoms with Gasteiger partial charge in [-0.25, -0.2) is 0 Å². The number of aromatic nitrogens is 1. The van der Waals surface area contributed by atoms with Crippen LogP contribution in [0.3, 0.4) is 0 Å². The van der Waals surface area contributed by atoms with Crippen LogP contribution in [-0.2, 0) is 0 Å². The predicted molar refractivity (Wildman–Crippen MR) is 194 cm³/mol. The number of fused-ring (bicyclic) bond motifs is 5. The third kappa shape index (κ3) is 3.61. The van der Waals surface area contributed by atoms with Gasteiger partial charge in [-0.2, -0.15) is 0 Å². The van der Waals surface area contributed by atoms with Crippen molar-refractivity contribution in [3.05, 3.63) is 152 Å². The van der Waals surface area contributed by atoms with Crippen LogP contribution in [0, 0.1) is 0 Å². The van der Waals surface area contributed by atoms with Gasteiger partial charge in [0.15, 0.2) is 0 Å². The van der Waals surface area contributed by atoms with E-state index in [1.54, 1.807) is 0 Å². The van der Waals surface area contributed by atoms with E-state index in [4.69, 9.17) is 0 Å². The average Bonchev–Trinajstić information content (AvgIpc) is 3.10. The molecule has 1 nitrogen and oxygen atoms in total. The van der Waals surface area contributed by atoms with Crippen LogP contribution in [0.2, 0.25) is 0 Å². The number of hydrogen-bond acceptors (Lipinski definition) is 2. The maximum atomic E-state index is 4.64. The van der Waals surface area contributed by atoms with Crippen LogP contribution < -0.4 is 0 Å². The quantitative estimate of drug-likeness (QED) is 0.151. The molecule has 10 rings (SSSR count). The van der Waals surface area contributed by atoms with E-state index in [-0.39, 0.29) is 0 Å². The Labute approximate surface area is 264 Å². The Kier molecular flexibility index (Phi) is 5.28. The number of hydrogen-bond donors (Lipinski definition) is 0. The Morgan fingerprint density at radius 2 is 1.02 bits per heavy atom.